The predicted octanol–water partition coefficient (Wildman–Crippen LogP) is 2.95. The molecule has 0 bridgehead atoms. The molecule has 0 saturated heterocycles. The second-order valence-electron chi connectivity index (χ2n) is 4.23. The summed E-state index contributed by atoms with van der Waals surface area (Å²) in [5, 5.41) is 8.57. The molecule has 0 fully saturated rings. The molecule has 0 radical (unpaired) electrons. The number of anilines is 1. The van der Waals surface area contributed by atoms with Gasteiger partial charge in [-0.05, 0) is 13.2 Å². The van der Waals surface area contributed by atoms with Crippen molar-refractivity contribution in [1.82, 2.24) is 19.6 Å². The van der Waals surface area contributed by atoms with Gasteiger partial charge in [0.25, 0.3) is 0 Å². The van der Waals surface area contributed by atoms with Crippen molar-refractivity contribution in [2.75, 3.05) is 18.1 Å². The van der Waals surface area contributed by atoms with Gasteiger partial charge in [0.2, 0.25) is 5.95 Å². The summed E-state index contributed by atoms with van der Waals surface area (Å²) < 4.78 is 1.76. The van der Waals surface area contributed by atoms with Gasteiger partial charge in [-0.25, -0.2) is 4.98 Å². The number of nitrogens with one attached hydrogen (secondary N) is 1. The van der Waals surface area contributed by atoms with Crippen LogP contribution in [0.2, 0.25) is 0 Å². The van der Waals surface area contributed by atoms with Gasteiger partial charge in [0.05, 0.1) is 5.69 Å². The molecule has 3 aromatic rings. The summed E-state index contributed by atoms with van der Waals surface area (Å²) >= 11 is 1.53. The fourth-order valence-corrected chi connectivity index (χ4v) is 2.34. The third-order valence-electron chi connectivity index (χ3n) is 2.89. The van der Waals surface area contributed by atoms with E-state index in [1.807, 2.05) is 49.6 Å². The minimum absolute atomic E-state index is 0.726. The highest BCUT2D eigenvalue weighted by Gasteiger charge is 2.11. The van der Waals surface area contributed by atoms with E-state index < -0.39 is 0 Å². The summed E-state index contributed by atoms with van der Waals surface area (Å²) in [6.45, 7) is 2.83. The molecule has 2 heterocycles. The van der Waals surface area contributed by atoms with Crippen LogP contribution in [0.15, 0.2) is 41.6 Å². The van der Waals surface area contributed by atoms with Crippen LogP contribution in [0.4, 0.5) is 5.95 Å². The average Bonchev–Trinajstić information content (AvgIpc) is 2.92. The lowest BCUT2D eigenvalue weighted by atomic mass is 10.2. The van der Waals surface area contributed by atoms with Crippen LogP contribution < -0.4 is 5.32 Å². The maximum Gasteiger partial charge on any atom is 0.228 e. The Morgan fingerprint density at radius 3 is 2.70 bits per heavy atom. The lowest BCUT2D eigenvalue weighted by Crippen LogP contribution is -2.08. The van der Waals surface area contributed by atoms with Crippen LogP contribution in [0.25, 0.3) is 16.9 Å². The number of hydrogen-bond donors (Lipinski definition) is 1. The fourth-order valence-electron chi connectivity index (χ4n) is 1.98. The third-order valence-corrected chi connectivity index (χ3v) is 3.44. The Labute approximate surface area is 121 Å². The number of aromatic nitrogens is 4. The average molecular weight is 285 g/mol. The van der Waals surface area contributed by atoms with E-state index in [0.29, 0.717) is 0 Å². The Morgan fingerprint density at radius 2 is 2.00 bits per heavy atom. The molecular formula is C14H15N5S. The standard InChI is InChI=1S/C14H15N5S/c1-3-15-13-17-14(20-2)16-12-9-11(18-19(12)13)10-7-5-4-6-8-10/h4-9H,3H2,1-2H3,(H,15,16,17). The monoisotopic (exact) mass is 285 g/mol. The third kappa shape index (κ3) is 2.34. The molecule has 0 aliphatic heterocycles. The Balaban J connectivity index is 2.16. The number of rotatable bonds is 4. The van der Waals surface area contributed by atoms with E-state index in [4.69, 9.17) is 0 Å². The number of thioether (sulfide) groups is 1. The molecule has 0 amide bonds. The van der Waals surface area contributed by atoms with Crippen LogP contribution in [0.3, 0.4) is 0 Å². The normalized spacial score (nSPS) is 10.9. The number of hydrogen-bond acceptors (Lipinski definition) is 5. The highest BCUT2D eigenvalue weighted by atomic mass is 32.2. The van der Waals surface area contributed by atoms with Crippen molar-refractivity contribution in [3.63, 3.8) is 0 Å². The maximum atomic E-state index is 4.60. The van der Waals surface area contributed by atoms with Crippen LogP contribution in [0.5, 0.6) is 0 Å². The molecule has 6 heteroatoms. The molecule has 0 aliphatic rings. The van der Waals surface area contributed by atoms with E-state index in [1.54, 1.807) is 4.52 Å². The minimum atomic E-state index is 0.726. The molecule has 3 rings (SSSR count). The van der Waals surface area contributed by atoms with Crippen molar-refractivity contribution in [2.45, 2.75) is 12.1 Å². The molecule has 0 unspecified atom stereocenters. The molecule has 0 aliphatic carbocycles. The van der Waals surface area contributed by atoms with E-state index in [-0.39, 0.29) is 0 Å². The van der Waals surface area contributed by atoms with Gasteiger partial charge in [-0.3, -0.25) is 0 Å². The summed E-state index contributed by atoms with van der Waals surface area (Å²) in [6, 6.07) is 12.1. The number of fused-ring (bicyclic) bond motifs is 1. The van der Waals surface area contributed by atoms with Crippen LogP contribution in [0, 0.1) is 0 Å². The lowest BCUT2D eigenvalue weighted by Gasteiger charge is -2.05. The van der Waals surface area contributed by atoms with Crippen LogP contribution in [-0.4, -0.2) is 32.4 Å². The van der Waals surface area contributed by atoms with E-state index in [0.717, 1.165) is 34.6 Å². The van der Waals surface area contributed by atoms with Crippen molar-refractivity contribution >= 4 is 23.4 Å². The second kappa shape index (κ2) is 5.50. The van der Waals surface area contributed by atoms with Crippen molar-refractivity contribution in [1.29, 1.82) is 0 Å². The van der Waals surface area contributed by atoms with E-state index >= 15 is 0 Å². The van der Waals surface area contributed by atoms with Crippen LogP contribution in [0.1, 0.15) is 6.92 Å². The zero-order valence-corrected chi connectivity index (χ0v) is 12.2. The number of nitrogens with zero attached hydrogens (tertiary/aromatic N) is 4. The molecule has 0 atom stereocenters. The molecule has 20 heavy (non-hydrogen) atoms. The quantitative estimate of drug-likeness (QED) is 0.747. The fraction of sp³-hybridized carbons (Fsp3) is 0.214. The van der Waals surface area contributed by atoms with Gasteiger partial charge >= 0.3 is 0 Å². The van der Waals surface area contributed by atoms with Crippen molar-refractivity contribution in [2.24, 2.45) is 0 Å². The zero-order valence-electron chi connectivity index (χ0n) is 11.4. The predicted molar refractivity (Wildman–Crippen MR) is 82.2 cm³/mol. The highest BCUT2D eigenvalue weighted by Crippen LogP contribution is 2.22. The zero-order chi connectivity index (χ0) is 13.9. The Bertz CT molecular complexity index is 723. The highest BCUT2D eigenvalue weighted by molar-refractivity contribution is 7.98. The first-order valence-electron chi connectivity index (χ1n) is 6.43. The Hall–Kier alpha value is -2.08. The lowest BCUT2D eigenvalue weighted by molar-refractivity contribution is 0.837. The summed E-state index contributed by atoms with van der Waals surface area (Å²) in [5.74, 6) is 0.726. The Morgan fingerprint density at radius 1 is 1.20 bits per heavy atom. The largest absolute Gasteiger partial charge is 0.354 e. The molecule has 1 aromatic carbocycles. The van der Waals surface area contributed by atoms with E-state index in [9.17, 15) is 0 Å². The van der Waals surface area contributed by atoms with Gasteiger partial charge in [-0.2, -0.15) is 14.6 Å². The van der Waals surface area contributed by atoms with Crippen LogP contribution in [-0.2, 0) is 0 Å². The van der Waals surface area contributed by atoms with Gasteiger partial charge in [0.1, 0.15) is 0 Å². The SMILES string of the molecule is CCNc1nc(SC)nc2cc(-c3ccccc3)nn12. The van der Waals surface area contributed by atoms with Crippen molar-refractivity contribution in [3.05, 3.63) is 36.4 Å². The molecule has 1 N–H and O–H groups in total. The molecule has 0 spiro atoms. The Kier molecular flexibility index (Phi) is 3.56. The topological polar surface area (TPSA) is 55.1 Å². The first-order valence-corrected chi connectivity index (χ1v) is 7.65. The molecular weight excluding hydrogens is 270 g/mol. The van der Waals surface area contributed by atoms with E-state index in [1.165, 1.54) is 11.8 Å². The second-order valence-corrected chi connectivity index (χ2v) is 5.00. The van der Waals surface area contributed by atoms with Gasteiger partial charge in [-0.1, -0.05) is 42.1 Å². The summed E-state index contributed by atoms with van der Waals surface area (Å²) in [7, 11) is 0. The van der Waals surface area contributed by atoms with Gasteiger partial charge in [-0.15, -0.1) is 0 Å². The molecule has 2 aromatic heterocycles. The molecule has 5 nitrogen and oxygen atoms in total. The van der Waals surface area contributed by atoms with Gasteiger partial charge in [0.15, 0.2) is 10.8 Å². The van der Waals surface area contributed by atoms with Gasteiger partial charge in [0, 0.05) is 18.2 Å². The maximum absolute atomic E-state index is 4.60. The summed E-state index contributed by atoms with van der Waals surface area (Å²) in [6.07, 6.45) is 1.97. The van der Waals surface area contributed by atoms with Gasteiger partial charge < -0.3 is 5.32 Å². The summed E-state index contributed by atoms with van der Waals surface area (Å²) in [4.78, 5) is 8.95. The first-order chi connectivity index (χ1) is 9.81. The molecule has 0 saturated carbocycles. The molecule has 102 valence electrons. The van der Waals surface area contributed by atoms with Crippen molar-refractivity contribution < 1.29 is 0 Å². The summed E-state index contributed by atoms with van der Waals surface area (Å²) in [5.41, 5.74) is 2.78. The minimum Gasteiger partial charge on any atom is -0.354 e. The number of benzene rings is 1. The van der Waals surface area contributed by atoms with Crippen LogP contribution >= 0.6 is 11.8 Å². The first kappa shape index (κ1) is 12.9. The van der Waals surface area contributed by atoms with Crippen molar-refractivity contribution in [3.8, 4) is 11.3 Å². The van der Waals surface area contributed by atoms with E-state index in [2.05, 4.69) is 20.4 Å². The smallest absolute Gasteiger partial charge is 0.228 e.